The number of fused-ring (bicyclic) bond motifs is 1. The number of rotatable bonds is 6. The summed E-state index contributed by atoms with van der Waals surface area (Å²) in [7, 11) is 0. The SMILES string of the molecule is CCCN1C(=O)c2ccccc2C1Nc1cccc(C(=O)N2CCN(C(=O)OCC)CC2)c1. The zero-order valence-electron chi connectivity index (χ0n) is 19.1. The quantitative estimate of drug-likeness (QED) is 0.728. The summed E-state index contributed by atoms with van der Waals surface area (Å²) in [5, 5.41) is 3.46. The first-order chi connectivity index (χ1) is 16.0. The van der Waals surface area contributed by atoms with E-state index in [1.54, 1.807) is 22.8 Å². The van der Waals surface area contributed by atoms with Gasteiger partial charge in [0.25, 0.3) is 11.8 Å². The summed E-state index contributed by atoms with van der Waals surface area (Å²) in [5.74, 6) is -0.0490. The molecule has 1 N–H and O–H groups in total. The fourth-order valence-electron chi connectivity index (χ4n) is 4.39. The van der Waals surface area contributed by atoms with E-state index in [2.05, 4.69) is 5.32 Å². The average Bonchev–Trinajstić information content (AvgIpc) is 3.10. The van der Waals surface area contributed by atoms with Crippen LogP contribution in [0.4, 0.5) is 10.5 Å². The van der Waals surface area contributed by atoms with E-state index in [0.29, 0.717) is 44.9 Å². The molecule has 3 amide bonds. The topological polar surface area (TPSA) is 82.2 Å². The van der Waals surface area contributed by atoms with Gasteiger partial charge >= 0.3 is 6.09 Å². The first-order valence-corrected chi connectivity index (χ1v) is 11.5. The van der Waals surface area contributed by atoms with Gasteiger partial charge in [-0.2, -0.15) is 0 Å². The lowest BCUT2D eigenvalue weighted by Crippen LogP contribution is -2.50. The van der Waals surface area contributed by atoms with Crippen LogP contribution in [-0.4, -0.2) is 71.9 Å². The van der Waals surface area contributed by atoms with Gasteiger partial charge in [0, 0.05) is 55.1 Å². The maximum Gasteiger partial charge on any atom is 0.409 e. The summed E-state index contributed by atoms with van der Waals surface area (Å²) in [5.41, 5.74) is 3.02. The van der Waals surface area contributed by atoms with E-state index >= 15 is 0 Å². The second-order valence-corrected chi connectivity index (χ2v) is 8.19. The van der Waals surface area contributed by atoms with Gasteiger partial charge < -0.3 is 24.8 Å². The number of nitrogens with zero attached hydrogens (tertiary/aromatic N) is 3. The lowest BCUT2D eigenvalue weighted by atomic mass is 10.1. The molecule has 1 saturated heterocycles. The number of benzene rings is 2. The van der Waals surface area contributed by atoms with E-state index < -0.39 is 0 Å². The van der Waals surface area contributed by atoms with Crippen molar-refractivity contribution in [1.82, 2.24) is 14.7 Å². The Morgan fingerprint density at radius 3 is 2.45 bits per heavy atom. The van der Waals surface area contributed by atoms with Crippen LogP contribution < -0.4 is 5.32 Å². The molecule has 2 aromatic carbocycles. The molecule has 2 heterocycles. The number of carbonyl (C=O) groups is 3. The molecule has 0 spiro atoms. The molecule has 4 rings (SSSR count). The van der Waals surface area contributed by atoms with Gasteiger partial charge in [-0.05, 0) is 37.6 Å². The highest BCUT2D eigenvalue weighted by molar-refractivity contribution is 5.99. The molecule has 2 aliphatic heterocycles. The standard InChI is InChI=1S/C25H30N4O4/c1-3-12-29-22(20-10-5-6-11-21(20)24(29)31)26-19-9-7-8-18(17-19)23(30)27-13-15-28(16-14-27)25(32)33-4-2/h5-11,17,22,26H,3-4,12-16H2,1-2H3. The maximum atomic E-state index is 13.1. The number of amides is 3. The maximum absolute atomic E-state index is 13.1. The summed E-state index contributed by atoms with van der Waals surface area (Å²) in [6.45, 7) is 6.65. The van der Waals surface area contributed by atoms with E-state index in [9.17, 15) is 14.4 Å². The van der Waals surface area contributed by atoms with Crippen LogP contribution in [0.2, 0.25) is 0 Å². The minimum Gasteiger partial charge on any atom is -0.450 e. The molecule has 1 atom stereocenters. The van der Waals surface area contributed by atoms with Crippen LogP contribution >= 0.6 is 0 Å². The summed E-state index contributed by atoms with van der Waals surface area (Å²) >= 11 is 0. The summed E-state index contributed by atoms with van der Waals surface area (Å²) < 4.78 is 5.05. The van der Waals surface area contributed by atoms with Crippen molar-refractivity contribution in [1.29, 1.82) is 0 Å². The molecular formula is C25H30N4O4. The van der Waals surface area contributed by atoms with Crippen LogP contribution in [0, 0.1) is 0 Å². The summed E-state index contributed by atoms with van der Waals surface area (Å²) in [4.78, 5) is 43.1. The van der Waals surface area contributed by atoms with Crippen LogP contribution in [0.25, 0.3) is 0 Å². The number of piperazine rings is 1. The van der Waals surface area contributed by atoms with Gasteiger partial charge in [-0.25, -0.2) is 4.79 Å². The third-order valence-corrected chi connectivity index (χ3v) is 6.03. The predicted octanol–water partition coefficient (Wildman–Crippen LogP) is 3.58. The molecule has 0 saturated carbocycles. The lowest BCUT2D eigenvalue weighted by Gasteiger charge is -2.34. The van der Waals surface area contributed by atoms with Crippen molar-refractivity contribution in [2.24, 2.45) is 0 Å². The van der Waals surface area contributed by atoms with Crippen molar-refractivity contribution in [2.75, 3.05) is 44.6 Å². The van der Waals surface area contributed by atoms with Gasteiger partial charge in [0.15, 0.2) is 0 Å². The Morgan fingerprint density at radius 2 is 1.73 bits per heavy atom. The molecule has 0 aromatic heterocycles. The monoisotopic (exact) mass is 450 g/mol. The van der Waals surface area contributed by atoms with Crippen molar-refractivity contribution in [3.8, 4) is 0 Å². The molecule has 0 bridgehead atoms. The second kappa shape index (κ2) is 9.94. The van der Waals surface area contributed by atoms with Gasteiger partial charge in [0.2, 0.25) is 0 Å². The molecule has 174 valence electrons. The normalized spacial score (nSPS) is 17.7. The third kappa shape index (κ3) is 4.65. The highest BCUT2D eigenvalue weighted by Crippen LogP contribution is 2.34. The third-order valence-electron chi connectivity index (χ3n) is 6.03. The minimum atomic E-state index is -0.334. The van der Waals surface area contributed by atoms with Crippen molar-refractivity contribution < 1.29 is 19.1 Å². The molecule has 2 aliphatic rings. The first kappa shape index (κ1) is 22.6. The summed E-state index contributed by atoms with van der Waals surface area (Å²) in [6, 6.07) is 15.0. The van der Waals surface area contributed by atoms with Crippen LogP contribution in [0.3, 0.4) is 0 Å². The first-order valence-electron chi connectivity index (χ1n) is 11.5. The zero-order chi connectivity index (χ0) is 23.4. The van der Waals surface area contributed by atoms with Gasteiger partial charge in [-0.3, -0.25) is 9.59 Å². The number of nitrogens with one attached hydrogen (secondary N) is 1. The Balaban J connectivity index is 1.47. The molecule has 33 heavy (non-hydrogen) atoms. The molecule has 2 aromatic rings. The average molecular weight is 451 g/mol. The van der Waals surface area contributed by atoms with Gasteiger partial charge in [0.05, 0.1) is 6.61 Å². The second-order valence-electron chi connectivity index (χ2n) is 8.19. The molecule has 1 unspecified atom stereocenters. The number of carbonyl (C=O) groups excluding carboxylic acids is 3. The fraction of sp³-hybridized carbons (Fsp3) is 0.400. The fourth-order valence-corrected chi connectivity index (χ4v) is 4.39. The molecule has 0 radical (unpaired) electrons. The van der Waals surface area contributed by atoms with E-state index in [1.807, 2.05) is 54.3 Å². The predicted molar refractivity (Wildman–Crippen MR) is 125 cm³/mol. The molecule has 1 fully saturated rings. The number of anilines is 1. The Hall–Kier alpha value is -3.55. The zero-order valence-corrected chi connectivity index (χ0v) is 19.1. The number of ether oxygens (including phenoxy) is 1. The minimum absolute atomic E-state index is 0.0247. The van der Waals surface area contributed by atoms with E-state index in [1.165, 1.54) is 0 Å². The van der Waals surface area contributed by atoms with Gasteiger partial charge in [-0.15, -0.1) is 0 Å². The van der Waals surface area contributed by atoms with Crippen molar-refractivity contribution in [3.05, 3.63) is 65.2 Å². The van der Waals surface area contributed by atoms with Gasteiger partial charge in [0.1, 0.15) is 6.17 Å². The Morgan fingerprint density at radius 1 is 1.00 bits per heavy atom. The van der Waals surface area contributed by atoms with Gasteiger partial charge in [-0.1, -0.05) is 31.2 Å². The summed E-state index contributed by atoms with van der Waals surface area (Å²) in [6.07, 6.45) is 0.250. The highest BCUT2D eigenvalue weighted by Gasteiger charge is 2.36. The largest absolute Gasteiger partial charge is 0.450 e. The Bertz CT molecular complexity index is 1030. The number of hydrogen-bond donors (Lipinski definition) is 1. The Kier molecular flexibility index (Phi) is 6.82. The molecule has 8 nitrogen and oxygen atoms in total. The van der Waals surface area contributed by atoms with Crippen LogP contribution in [0.5, 0.6) is 0 Å². The number of hydrogen-bond acceptors (Lipinski definition) is 5. The van der Waals surface area contributed by atoms with Crippen LogP contribution in [-0.2, 0) is 4.74 Å². The molecular weight excluding hydrogens is 420 g/mol. The van der Waals surface area contributed by atoms with Crippen LogP contribution in [0.15, 0.2) is 48.5 Å². The van der Waals surface area contributed by atoms with E-state index in [-0.39, 0.29) is 24.1 Å². The van der Waals surface area contributed by atoms with Crippen molar-refractivity contribution in [3.63, 3.8) is 0 Å². The van der Waals surface area contributed by atoms with Crippen molar-refractivity contribution in [2.45, 2.75) is 26.4 Å². The van der Waals surface area contributed by atoms with E-state index in [4.69, 9.17) is 4.74 Å². The highest BCUT2D eigenvalue weighted by atomic mass is 16.6. The van der Waals surface area contributed by atoms with E-state index in [0.717, 1.165) is 23.2 Å². The van der Waals surface area contributed by atoms with Crippen molar-refractivity contribution >= 4 is 23.6 Å². The lowest BCUT2D eigenvalue weighted by molar-refractivity contribution is 0.0570. The molecule has 8 heteroatoms. The van der Waals surface area contributed by atoms with Crippen LogP contribution in [0.1, 0.15) is 52.7 Å². The molecule has 0 aliphatic carbocycles. The smallest absolute Gasteiger partial charge is 0.409 e. The Labute approximate surface area is 194 Å².